The molecule has 0 bridgehead atoms. The molecule has 4 rings (SSSR count). The fraction of sp³-hybridized carbons (Fsp3) is 0.190. The lowest BCUT2D eigenvalue weighted by Gasteiger charge is -2.36. The highest BCUT2D eigenvalue weighted by Gasteiger charge is 2.21. The number of carbonyl (C=O) groups excluding carboxylic acids is 1. The van der Waals surface area contributed by atoms with Gasteiger partial charge in [0.2, 0.25) is 5.95 Å². The first kappa shape index (κ1) is 18.8. The molecule has 1 aliphatic heterocycles. The maximum atomic E-state index is 14.0. The van der Waals surface area contributed by atoms with E-state index in [4.69, 9.17) is 0 Å². The number of anilines is 3. The van der Waals surface area contributed by atoms with E-state index in [2.05, 4.69) is 15.3 Å². The Kier molecular flexibility index (Phi) is 5.33. The van der Waals surface area contributed by atoms with E-state index >= 15 is 0 Å². The number of aromatic nitrogens is 2. The SMILES string of the molecule is O=C(Nc1cccc(F)c1)c1cnc(N2CCN(c3ccccc3F)CC2)nc1. The Hall–Kier alpha value is -3.55. The third-order valence-electron chi connectivity index (χ3n) is 4.74. The summed E-state index contributed by atoms with van der Waals surface area (Å²) >= 11 is 0. The van der Waals surface area contributed by atoms with Gasteiger partial charge in [0.05, 0.1) is 11.3 Å². The fourth-order valence-corrected chi connectivity index (χ4v) is 3.23. The highest BCUT2D eigenvalue weighted by atomic mass is 19.1. The maximum Gasteiger partial charge on any atom is 0.258 e. The third kappa shape index (κ3) is 4.31. The number of hydrogen-bond donors (Lipinski definition) is 1. The van der Waals surface area contributed by atoms with Crippen LogP contribution in [0.4, 0.5) is 26.1 Å². The van der Waals surface area contributed by atoms with E-state index in [0.717, 1.165) is 0 Å². The first-order valence-corrected chi connectivity index (χ1v) is 9.23. The number of hydrogen-bond acceptors (Lipinski definition) is 5. The molecule has 29 heavy (non-hydrogen) atoms. The van der Waals surface area contributed by atoms with Gasteiger partial charge in [-0.2, -0.15) is 0 Å². The minimum absolute atomic E-state index is 0.231. The van der Waals surface area contributed by atoms with Crippen molar-refractivity contribution in [3.8, 4) is 0 Å². The zero-order chi connectivity index (χ0) is 20.2. The highest BCUT2D eigenvalue weighted by Crippen LogP contribution is 2.21. The first-order chi connectivity index (χ1) is 14.1. The molecule has 0 unspecified atom stereocenters. The number of carbonyl (C=O) groups is 1. The second-order valence-electron chi connectivity index (χ2n) is 6.66. The number of halogens is 2. The van der Waals surface area contributed by atoms with Crippen molar-refractivity contribution in [2.24, 2.45) is 0 Å². The monoisotopic (exact) mass is 395 g/mol. The Morgan fingerprint density at radius 2 is 1.59 bits per heavy atom. The van der Waals surface area contributed by atoms with E-state index in [9.17, 15) is 13.6 Å². The van der Waals surface area contributed by atoms with Crippen molar-refractivity contribution >= 4 is 23.2 Å². The molecule has 0 atom stereocenters. The van der Waals surface area contributed by atoms with Gasteiger partial charge in [0.1, 0.15) is 11.6 Å². The average molecular weight is 395 g/mol. The summed E-state index contributed by atoms with van der Waals surface area (Å²) in [7, 11) is 0. The van der Waals surface area contributed by atoms with E-state index in [1.807, 2.05) is 15.9 Å². The van der Waals surface area contributed by atoms with Crippen molar-refractivity contribution in [1.82, 2.24) is 9.97 Å². The maximum absolute atomic E-state index is 14.0. The summed E-state index contributed by atoms with van der Waals surface area (Å²) in [6.45, 7) is 2.57. The van der Waals surface area contributed by atoms with E-state index < -0.39 is 11.7 Å². The molecule has 1 fully saturated rings. The van der Waals surface area contributed by atoms with E-state index in [0.29, 0.717) is 43.5 Å². The second-order valence-corrected chi connectivity index (χ2v) is 6.66. The van der Waals surface area contributed by atoms with Gasteiger partial charge in [-0.15, -0.1) is 0 Å². The highest BCUT2D eigenvalue weighted by molar-refractivity contribution is 6.03. The Morgan fingerprint density at radius 1 is 0.897 bits per heavy atom. The molecule has 148 valence electrons. The molecule has 2 aromatic carbocycles. The largest absolute Gasteiger partial charge is 0.366 e. The number of para-hydroxylation sites is 1. The summed E-state index contributed by atoms with van der Waals surface area (Å²) in [5.74, 6) is -0.554. The lowest BCUT2D eigenvalue weighted by molar-refractivity contribution is 0.102. The zero-order valence-electron chi connectivity index (χ0n) is 15.6. The molecule has 1 saturated heterocycles. The second kappa shape index (κ2) is 8.22. The van der Waals surface area contributed by atoms with Gasteiger partial charge in [-0.05, 0) is 30.3 Å². The predicted molar refractivity (Wildman–Crippen MR) is 107 cm³/mol. The van der Waals surface area contributed by atoms with Crippen LogP contribution in [0.2, 0.25) is 0 Å². The predicted octanol–water partition coefficient (Wildman–Crippen LogP) is 3.33. The van der Waals surface area contributed by atoms with Crippen molar-refractivity contribution in [2.45, 2.75) is 0 Å². The number of amides is 1. The van der Waals surface area contributed by atoms with E-state index in [1.54, 1.807) is 18.2 Å². The minimum Gasteiger partial charge on any atom is -0.366 e. The van der Waals surface area contributed by atoms with Gasteiger partial charge < -0.3 is 15.1 Å². The van der Waals surface area contributed by atoms with Crippen LogP contribution in [-0.2, 0) is 0 Å². The number of benzene rings is 2. The topological polar surface area (TPSA) is 61.4 Å². The first-order valence-electron chi connectivity index (χ1n) is 9.23. The van der Waals surface area contributed by atoms with Crippen LogP contribution in [0.25, 0.3) is 0 Å². The number of rotatable bonds is 4. The van der Waals surface area contributed by atoms with Crippen molar-refractivity contribution in [1.29, 1.82) is 0 Å². The Balaban J connectivity index is 1.37. The Labute approximate surface area is 166 Å². The van der Waals surface area contributed by atoms with Gasteiger partial charge in [0.15, 0.2) is 0 Å². The Bertz CT molecular complexity index is 1000. The molecule has 0 spiro atoms. The van der Waals surface area contributed by atoms with Gasteiger partial charge in [0, 0.05) is 44.3 Å². The summed E-state index contributed by atoms with van der Waals surface area (Å²) in [5.41, 5.74) is 1.24. The molecular formula is C21H19F2N5O. The van der Waals surface area contributed by atoms with Crippen molar-refractivity contribution in [2.75, 3.05) is 41.3 Å². The molecule has 0 saturated carbocycles. The quantitative estimate of drug-likeness (QED) is 0.734. The van der Waals surface area contributed by atoms with Gasteiger partial charge >= 0.3 is 0 Å². The summed E-state index contributed by atoms with van der Waals surface area (Å²) in [4.78, 5) is 24.8. The van der Waals surface area contributed by atoms with Crippen LogP contribution in [-0.4, -0.2) is 42.1 Å². The van der Waals surface area contributed by atoms with Crippen molar-refractivity contribution in [3.05, 3.63) is 78.1 Å². The third-order valence-corrected chi connectivity index (χ3v) is 4.74. The van der Waals surface area contributed by atoms with Gasteiger partial charge in [-0.25, -0.2) is 18.7 Å². The molecule has 2 heterocycles. The lowest BCUT2D eigenvalue weighted by Crippen LogP contribution is -2.47. The van der Waals surface area contributed by atoms with Gasteiger partial charge in [-0.1, -0.05) is 18.2 Å². The van der Waals surface area contributed by atoms with Crippen molar-refractivity contribution in [3.63, 3.8) is 0 Å². The molecule has 0 aliphatic carbocycles. The average Bonchev–Trinajstić information content (AvgIpc) is 2.74. The summed E-state index contributed by atoms with van der Waals surface area (Å²) in [6, 6.07) is 12.4. The van der Waals surface area contributed by atoms with Crippen LogP contribution in [0.5, 0.6) is 0 Å². The smallest absolute Gasteiger partial charge is 0.258 e. The zero-order valence-corrected chi connectivity index (χ0v) is 15.6. The van der Waals surface area contributed by atoms with Crippen LogP contribution in [0.1, 0.15) is 10.4 Å². The van der Waals surface area contributed by atoms with Gasteiger partial charge in [0.25, 0.3) is 5.91 Å². The Morgan fingerprint density at radius 3 is 2.28 bits per heavy atom. The number of nitrogens with zero attached hydrogens (tertiary/aromatic N) is 4. The lowest BCUT2D eigenvalue weighted by atomic mass is 10.2. The molecule has 1 N–H and O–H groups in total. The molecule has 1 amide bonds. The number of nitrogens with one attached hydrogen (secondary N) is 1. The van der Waals surface area contributed by atoms with Crippen LogP contribution in [0.15, 0.2) is 60.9 Å². The summed E-state index contributed by atoms with van der Waals surface area (Å²) in [5, 5.41) is 2.61. The molecule has 0 radical (unpaired) electrons. The molecule has 6 nitrogen and oxygen atoms in total. The van der Waals surface area contributed by atoms with E-state index in [-0.39, 0.29) is 11.4 Å². The van der Waals surface area contributed by atoms with Gasteiger partial charge in [-0.3, -0.25) is 4.79 Å². The normalized spacial score (nSPS) is 14.0. The summed E-state index contributed by atoms with van der Waals surface area (Å²) in [6.07, 6.45) is 2.89. The van der Waals surface area contributed by atoms with Crippen LogP contribution in [0.3, 0.4) is 0 Å². The molecule has 1 aromatic heterocycles. The van der Waals surface area contributed by atoms with Crippen LogP contribution >= 0.6 is 0 Å². The fourth-order valence-electron chi connectivity index (χ4n) is 3.23. The summed E-state index contributed by atoms with van der Waals surface area (Å²) < 4.78 is 27.2. The molecular weight excluding hydrogens is 376 g/mol. The van der Waals surface area contributed by atoms with Crippen LogP contribution in [0, 0.1) is 11.6 Å². The molecule has 8 heteroatoms. The molecule has 1 aliphatic rings. The van der Waals surface area contributed by atoms with Crippen molar-refractivity contribution < 1.29 is 13.6 Å². The van der Waals surface area contributed by atoms with Crippen LogP contribution < -0.4 is 15.1 Å². The molecule has 3 aromatic rings. The van der Waals surface area contributed by atoms with E-state index in [1.165, 1.54) is 36.7 Å². The standard InChI is InChI=1S/C21H19F2N5O/c22-16-4-3-5-17(12-16)26-20(29)15-13-24-21(25-14-15)28-10-8-27(9-11-28)19-7-2-1-6-18(19)23/h1-7,12-14H,8-11H2,(H,26,29). The minimum atomic E-state index is -0.427. The number of piperazine rings is 1.